The normalized spacial score (nSPS) is 21.9. The number of rotatable bonds is 3. The van der Waals surface area contributed by atoms with Gasteiger partial charge in [-0.3, -0.25) is 0 Å². The lowest BCUT2D eigenvalue weighted by atomic mass is 9.93. The van der Waals surface area contributed by atoms with Gasteiger partial charge in [-0.15, -0.1) is 11.8 Å². The van der Waals surface area contributed by atoms with Crippen molar-refractivity contribution < 1.29 is 18.7 Å². The van der Waals surface area contributed by atoms with Crippen LogP contribution in [0.5, 0.6) is 0 Å². The molecule has 1 aliphatic carbocycles. The first-order valence-electron chi connectivity index (χ1n) is 6.78. The Balaban J connectivity index is 1.93. The summed E-state index contributed by atoms with van der Waals surface area (Å²) in [4.78, 5) is 11.7. The highest BCUT2D eigenvalue weighted by molar-refractivity contribution is 7.98. The third-order valence-corrected chi connectivity index (χ3v) is 4.29. The second kappa shape index (κ2) is 7.09. The summed E-state index contributed by atoms with van der Waals surface area (Å²) in [7, 11) is 0. The van der Waals surface area contributed by atoms with Crippen LogP contribution in [0.4, 0.5) is 19.3 Å². The lowest BCUT2D eigenvalue weighted by Gasteiger charge is -2.26. The molecule has 3 N–H and O–H groups in total. The topological polar surface area (TPSA) is 61.4 Å². The van der Waals surface area contributed by atoms with Crippen molar-refractivity contribution in [3.63, 3.8) is 0 Å². The van der Waals surface area contributed by atoms with Gasteiger partial charge >= 0.3 is 6.03 Å². The number of halogens is 2. The number of carbonyl (C=O) groups excluding carboxylic acids is 1. The highest BCUT2D eigenvalue weighted by Gasteiger charge is 2.21. The van der Waals surface area contributed by atoms with Crippen molar-refractivity contribution in [2.75, 3.05) is 11.6 Å². The molecule has 2 rings (SSSR count). The van der Waals surface area contributed by atoms with E-state index in [0.29, 0.717) is 25.7 Å². The third-order valence-electron chi connectivity index (χ3n) is 3.49. The summed E-state index contributed by atoms with van der Waals surface area (Å²) in [5.74, 6) is -1.39. The molecule has 1 aromatic carbocycles. The van der Waals surface area contributed by atoms with Gasteiger partial charge in [0.05, 0.1) is 11.0 Å². The Kier molecular flexibility index (Phi) is 5.41. The molecule has 1 fully saturated rings. The second-order valence-corrected chi connectivity index (χ2v) is 5.89. The van der Waals surface area contributed by atoms with Crippen molar-refractivity contribution in [1.82, 2.24) is 5.32 Å². The lowest BCUT2D eigenvalue weighted by molar-refractivity contribution is 0.118. The number of thioether (sulfide) groups is 1. The van der Waals surface area contributed by atoms with Crippen molar-refractivity contribution in [3.8, 4) is 0 Å². The van der Waals surface area contributed by atoms with Crippen LogP contribution < -0.4 is 10.6 Å². The number of aliphatic hydroxyl groups is 1. The van der Waals surface area contributed by atoms with E-state index in [1.807, 2.05) is 0 Å². The van der Waals surface area contributed by atoms with Gasteiger partial charge in [-0.05, 0) is 44.1 Å². The fourth-order valence-corrected chi connectivity index (χ4v) is 2.91. The number of hydrogen-bond acceptors (Lipinski definition) is 3. The summed E-state index contributed by atoms with van der Waals surface area (Å²) in [6, 6.07) is 1.68. The number of benzene rings is 1. The molecule has 1 saturated carbocycles. The number of urea groups is 1. The van der Waals surface area contributed by atoms with Crippen LogP contribution >= 0.6 is 11.8 Å². The standard InChI is InChI=1S/C14H18F2N2O2S/c1-21-13-11(15)6-9(7-12(13)16)18-14(20)17-8-2-4-10(19)5-3-8/h6-8,10,19H,2-5H2,1H3,(H2,17,18,20). The van der Waals surface area contributed by atoms with Crippen molar-refractivity contribution in [1.29, 1.82) is 0 Å². The van der Waals surface area contributed by atoms with E-state index in [1.165, 1.54) is 0 Å². The molecular formula is C14H18F2N2O2S. The molecule has 0 bridgehead atoms. The van der Waals surface area contributed by atoms with Gasteiger partial charge in [0.1, 0.15) is 11.6 Å². The zero-order valence-corrected chi connectivity index (χ0v) is 12.5. The molecule has 0 spiro atoms. The van der Waals surface area contributed by atoms with E-state index < -0.39 is 17.7 Å². The van der Waals surface area contributed by atoms with E-state index in [9.17, 15) is 18.7 Å². The van der Waals surface area contributed by atoms with Gasteiger partial charge in [0.15, 0.2) is 0 Å². The van der Waals surface area contributed by atoms with Gasteiger partial charge in [-0.1, -0.05) is 0 Å². The van der Waals surface area contributed by atoms with E-state index in [0.717, 1.165) is 23.9 Å². The summed E-state index contributed by atoms with van der Waals surface area (Å²) in [6.45, 7) is 0. The number of carbonyl (C=O) groups is 1. The Labute approximate surface area is 126 Å². The van der Waals surface area contributed by atoms with E-state index in [2.05, 4.69) is 10.6 Å². The average Bonchev–Trinajstić information content (AvgIpc) is 2.41. The largest absolute Gasteiger partial charge is 0.393 e. The lowest BCUT2D eigenvalue weighted by Crippen LogP contribution is -2.40. The van der Waals surface area contributed by atoms with E-state index in [4.69, 9.17) is 0 Å². The minimum atomic E-state index is -0.696. The molecule has 0 aromatic heterocycles. The van der Waals surface area contributed by atoms with Gasteiger partial charge in [-0.25, -0.2) is 13.6 Å². The first kappa shape index (κ1) is 16.0. The van der Waals surface area contributed by atoms with Gasteiger partial charge in [0.25, 0.3) is 0 Å². The smallest absolute Gasteiger partial charge is 0.319 e. The molecule has 0 unspecified atom stereocenters. The minimum Gasteiger partial charge on any atom is -0.393 e. The Morgan fingerprint density at radius 3 is 2.33 bits per heavy atom. The number of anilines is 1. The molecule has 0 atom stereocenters. The maximum Gasteiger partial charge on any atom is 0.319 e. The molecule has 0 aliphatic heterocycles. The summed E-state index contributed by atoms with van der Waals surface area (Å²) in [5, 5.41) is 14.6. The van der Waals surface area contributed by atoms with Crippen molar-refractivity contribution in [2.45, 2.75) is 42.7 Å². The quantitative estimate of drug-likeness (QED) is 0.751. The Morgan fingerprint density at radius 2 is 1.81 bits per heavy atom. The Morgan fingerprint density at radius 1 is 1.24 bits per heavy atom. The number of aliphatic hydroxyl groups excluding tert-OH is 1. The van der Waals surface area contributed by atoms with Gasteiger partial charge in [0.2, 0.25) is 0 Å². The van der Waals surface area contributed by atoms with Crippen LogP contribution in [0.1, 0.15) is 25.7 Å². The molecule has 0 heterocycles. The van der Waals surface area contributed by atoms with E-state index in [1.54, 1.807) is 6.26 Å². The summed E-state index contributed by atoms with van der Waals surface area (Å²) in [5.41, 5.74) is 0.0798. The molecule has 1 aliphatic rings. The highest BCUT2D eigenvalue weighted by atomic mass is 32.2. The van der Waals surface area contributed by atoms with Crippen LogP contribution in [-0.2, 0) is 0 Å². The maximum atomic E-state index is 13.6. The summed E-state index contributed by atoms with van der Waals surface area (Å²) >= 11 is 0.976. The predicted octanol–water partition coefficient (Wildman–Crippen LogP) is 3.11. The molecule has 2 amide bonds. The number of nitrogens with one attached hydrogen (secondary N) is 2. The van der Waals surface area contributed by atoms with Crippen LogP contribution in [0.3, 0.4) is 0 Å². The molecular weight excluding hydrogens is 298 g/mol. The molecule has 0 radical (unpaired) electrons. The van der Waals surface area contributed by atoms with Crippen molar-refractivity contribution in [2.24, 2.45) is 0 Å². The monoisotopic (exact) mass is 316 g/mol. The first-order valence-corrected chi connectivity index (χ1v) is 8.00. The zero-order valence-electron chi connectivity index (χ0n) is 11.7. The number of amides is 2. The summed E-state index contributed by atoms with van der Waals surface area (Å²) in [6.07, 6.45) is 3.98. The maximum absolute atomic E-state index is 13.6. The van der Waals surface area contributed by atoms with E-state index in [-0.39, 0.29) is 22.7 Å². The SMILES string of the molecule is CSc1c(F)cc(NC(=O)NC2CCC(O)CC2)cc1F. The Bertz CT molecular complexity index is 497. The molecule has 0 saturated heterocycles. The van der Waals surface area contributed by atoms with Gasteiger partial charge in [0, 0.05) is 11.7 Å². The molecule has 116 valence electrons. The van der Waals surface area contributed by atoms with Crippen LogP contribution in [0, 0.1) is 11.6 Å². The minimum absolute atomic E-state index is 0.0198. The Hall–Kier alpha value is -1.34. The second-order valence-electron chi connectivity index (χ2n) is 5.08. The number of hydrogen-bond donors (Lipinski definition) is 3. The fourth-order valence-electron chi connectivity index (χ4n) is 2.40. The molecule has 21 heavy (non-hydrogen) atoms. The van der Waals surface area contributed by atoms with Crippen LogP contribution in [0.2, 0.25) is 0 Å². The first-order chi connectivity index (χ1) is 9.99. The molecule has 1 aromatic rings. The van der Waals surface area contributed by atoms with Gasteiger partial charge < -0.3 is 15.7 Å². The molecule has 4 nitrogen and oxygen atoms in total. The fraction of sp³-hybridized carbons (Fsp3) is 0.500. The van der Waals surface area contributed by atoms with Crippen molar-refractivity contribution in [3.05, 3.63) is 23.8 Å². The van der Waals surface area contributed by atoms with Crippen LogP contribution in [-0.4, -0.2) is 29.5 Å². The van der Waals surface area contributed by atoms with E-state index >= 15 is 0 Å². The van der Waals surface area contributed by atoms with Crippen LogP contribution in [0.15, 0.2) is 17.0 Å². The summed E-state index contributed by atoms with van der Waals surface area (Å²) < 4.78 is 27.2. The van der Waals surface area contributed by atoms with Crippen LogP contribution in [0.25, 0.3) is 0 Å². The molecule has 7 heteroatoms. The highest BCUT2D eigenvalue weighted by Crippen LogP contribution is 2.26. The van der Waals surface area contributed by atoms with Crippen molar-refractivity contribution >= 4 is 23.5 Å². The van der Waals surface area contributed by atoms with Gasteiger partial charge in [-0.2, -0.15) is 0 Å². The average molecular weight is 316 g/mol. The third kappa shape index (κ3) is 4.31. The predicted molar refractivity (Wildman–Crippen MR) is 78.6 cm³/mol. The zero-order chi connectivity index (χ0) is 15.4.